The van der Waals surface area contributed by atoms with Crippen LogP contribution in [0.4, 0.5) is 0 Å². The number of hydrogen-bond acceptors (Lipinski definition) is 3. The summed E-state index contributed by atoms with van der Waals surface area (Å²) in [6, 6.07) is 12.9. The molecule has 2 atom stereocenters. The second-order valence-corrected chi connectivity index (χ2v) is 7.06. The molecule has 1 aromatic carbocycles. The van der Waals surface area contributed by atoms with E-state index in [9.17, 15) is 4.79 Å². The van der Waals surface area contributed by atoms with Gasteiger partial charge in [0.15, 0.2) is 0 Å². The molecule has 2 aromatic rings. The number of carbonyl (C=O) groups is 1. The summed E-state index contributed by atoms with van der Waals surface area (Å²) >= 11 is 1.66. The molecule has 3 rings (SSSR count). The topological polar surface area (TPSA) is 32.3 Å². The van der Waals surface area contributed by atoms with Gasteiger partial charge in [0.05, 0.1) is 12.0 Å². The van der Waals surface area contributed by atoms with Gasteiger partial charge in [-0.05, 0) is 35.9 Å². The maximum Gasteiger partial charge on any atom is 0.231 e. The molecule has 0 saturated carbocycles. The van der Waals surface area contributed by atoms with Crippen molar-refractivity contribution in [3.8, 4) is 0 Å². The molecule has 0 bridgehead atoms. The molecule has 4 heteroatoms. The van der Waals surface area contributed by atoms with Crippen molar-refractivity contribution in [2.75, 3.05) is 19.6 Å². The van der Waals surface area contributed by atoms with Gasteiger partial charge in [-0.1, -0.05) is 37.3 Å². The van der Waals surface area contributed by atoms with Crippen LogP contribution in [0.3, 0.4) is 0 Å². The Morgan fingerprint density at radius 3 is 2.78 bits per heavy atom. The van der Waals surface area contributed by atoms with Gasteiger partial charge in [0, 0.05) is 24.5 Å². The first kappa shape index (κ1) is 16.2. The second-order valence-electron chi connectivity index (χ2n) is 6.08. The molecule has 122 valence electrons. The summed E-state index contributed by atoms with van der Waals surface area (Å²) in [5.74, 6) is 0.170. The third-order valence-corrected chi connectivity index (χ3v) is 5.69. The van der Waals surface area contributed by atoms with E-state index in [1.165, 1.54) is 11.1 Å². The van der Waals surface area contributed by atoms with E-state index in [1.807, 2.05) is 18.4 Å². The Balaban J connectivity index is 1.81. The van der Waals surface area contributed by atoms with Crippen LogP contribution in [-0.2, 0) is 11.2 Å². The fourth-order valence-corrected chi connectivity index (χ4v) is 3.93. The van der Waals surface area contributed by atoms with E-state index in [4.69, 9.17) is 0 Å². The van der Waals surface area contributed by atoms with E-state index in [2.05, 4.69) is 47.5 Å². The molecule has 0 radical (unpaired) electrons. The fraction of sp³-hybridized carbons (Fsp3) is 0.421. The maximum atomic E-state index is 13.0. The molecule has 2 unspecified atom stereocenters. The normalized spacial score (nSPS) is 19.6. The molecule has 2 heterocycles. The van der Waals surface area contributed by atoms with Gasteiger partial charge >= 0.3 is 0 Å². The van der Waals surface area contributed by atoms with E-state index in [1.54, 1.807) is 11.3 Å². The molecule has 1 saturated heterocycles. The first-order valence-electron chi connectivity index (χ1n) is 8.34. The lowest BCUT2D eigenvalue weighted by Crippen LogP contribution is -2.49. The van der Waals surface area contributed by atoms with Crippen molar-refractivity contribution < 1.29 is 4.79 Å². The zero-order valence-corrected chi connectivity index (χ0v) is 14.6. The molecule has 0 aliphatic carbocycles. The summed E-state index contributed by atoms with van der Waals surface area (Å²) in [5.41, 5.74) is 2.56. The minimum absolute atomic E-state index is 0.0643. The van der Waals surface area contributed by atoms with Crippen LogP contribution in [0.15, 0.2) is 41.8 Å². The number of rotatable bonds is 4. The van der Waals surface area contributed by atoms with Crippen LogP contribution in [0, 0.1) is 0 Å². The third kappa shape index (κ3) is 3.48. The van der Waals surface area contributed by atoms with Crippen LogP contribution in [0.25, 0.3) is 0 Å². The Labute approximate surface area is 142 Å². The molecule has 1 aromatic heterocycles. The number of amides is 1. The molecule has 0 spiro atoms. The van der Waals surface area contributed by atoms with Gasteiger partial charge in [-0.2, -0.15) is 0 Å². The summed E-state index contributed by atoms with van der Waals surface area (Å²) in [7, 11) is 0. The average molecular weight is 328 g/mol. The number of piperazine rings is 1. The first-order chi connectivity index (χ1) is 11.2. The van der Waals surface area contributed by atoms with Gasteiger partial charge in [0.1, 0.15) is 0 Å². The highest BCUT2D eigenvalue weighted by atomic mass is 32.1. The van der Waals surface area contributed by atoms with E-state index in [-0.39, 0.29) is 17.9 Å². The lowest BCUT2D eigenvalue weighted by Gasteiger charge is -2.38. The van der Waals surface area contributed by atoms with Crippen LogP contribution >= 0.6 is 11.3 Å². The van der Waals surface area contributed by atoms with Crippen LogP contribution in [0.1, 0.15) is 41.8 Å². The number of nitrogens with zero attached hydrogens (tertiary/aromatic N) is 1. The van der Waals surface area contributed by atoms with Crippen LogP contribution in [0.2, 0.25) is 0 Å². The molecule has 1 N–H and O–H groups in total. The second kappa shape index (κ2) is 7.28. The number of benzene rings is 1. The number of carbonyl (C=O) groups excluding carboxylic acids is 1. The smallest absolute Gasteiger partial charge is 0.231 e. The van der Waals surface area contributed by atoms with E-state index in [0.717, 1.165) is 30.9 Å². The van der Waals surface area contributed by atoms with Gasteiger partial charge in [0.2, 0.25) is 5.91 Å². The number of nitrogens with one attached hydrogen (secondary N) is 1. The van der Waals surface area contributed by atoms with Crippen molar-refractivity contribution >= 4 is 17.2 Å². The van der Waals surface area contributed by atoms with Crippen molar-refractivity contribution in [3.63, 3.8) is 0 Å². The van der Waals surface area contributed by atoms with Crippen molar-refractivity contribution in [1.29, 1.82) is 0 Å². The Morgan fingerprint density at radius 1 is 1.35 bits per heavy atom. The summed E-state index contributed by atoms with van der Waals surface area (Å²) in [5, 5.41) is 5.47. The highest BCUT2D eigenvalue weighted by Crippen LogP contribution is 2.29. The Hall–Kier alpha value is -1.65. The van der Waals surface area contributed by atoms with Crippen LogP contribution in [-0.4, -0.2) is 30.4 Å². The highest BCUT2D eigenvalue weighted by molar-refractivity contribution is 7.10. The summed E-state index contributed by atoms with van der Waals surface area (Å²) in [6.07, 6.45) is 1.04. The molecule has 1 aliphatic heterocycles. The monoisotopic (exact) mass is 328 g/mol. The SMILES string of the molecule is CCc1ccc(C2CNCCN2C(=O)C(C)c2cccs2)cc1. The third-order valence-electron chi connectivity index (χ3n) is 4.64. The minimum Gasteiger partial charge on any atom is -0.333 e. The molecule has 1 fully saturated rings. The molecule has 1 amide bonds. The molecule has 1 aliphatic rings. The summed E-state index contributed by atoms with van der Waals surface area (Å²) in [6.45, 7) is 6.65. The standard InChI is InChI=1S/C19H24N2OS/c1-3-15-6-8-16(9-7-15)17-13-20-10-11-21(17)19(22)14(2)18-5-4-12-23-18/h4-9,12,14,17,20H,3,10-11,13H2,1-2H3. The molecular weight excluding hydrogens is 304 g/mol. The van der Waals surface area contributed by atoms with Crippen molar-refractivity contribution in [2.45, 2.75) is 32.2 Å². The quantitative estimate of drug-likeness (QED) is 0.930. The van der Waals surface area contributed by atoms with Gasteiger partial charge in [-0.25, -0.2) is 0 Å². The Bertz CT molecular complexity index is 636. The molecule has 3 nitrogen and oxygen atoms in total. The van der Waals surface area contributed by atoms with Gasteiger partial charge in [-0.3, -0.25) is 4.79 Å². The van der Waals surface area contributed by atoms with E-state index >= 15 is 0 Å². The van der Waals surface area contributed by atoms with Crippen molar-refractivity contribution in [2.24, 2.45) is 0 Å². The lowest BCUT2D eigenvalue weighted by molar-refractivity contribution is -0.135. The average Bonchev–Trinajstić information content (AvgIpc) is 3.15. The summed E-state index contributed by atoms with van der Waals surface area (Å²) in [4.78, 5) is 16.2. The largest absolute Gasteiger partial charge is 0.333 e. The fourth-order valence-electron chi connectivity index (χ4n) is 3.15. The Kier molecular flexibility index (Phi) is 5.13. The van der Waals surface area contributed by atoms with Crippen molar-refractivity contribution in [3.05, 3.63) is 57.8 Å². The maximum absolute atomic E-state index is 13.0. The lowest BCUT2D eigenvalue weighted by atomic mass is 9.98. The molecular formula is C19H24N2OS. The highest BCUT2D eigenvalue weighted by Gasteiger charge is 2.31. The Morgan fingerprint density at radius 2 is 2.13 bits per heavy atom. The summed E-state index contributed by atoms with van der Waals surface area (Å²) < 4.78 is 0. The van der Waals surface area contributed by atoms with Gasteiger partial charge in [0.25, 0.3) is 0 Å². The van der Waals surface area contributed by atoms with Gasteiger partial charge in [-0.15, -0.1) is 11.3 Å². The minimum atomic E-state index is -0.0643. The van der Waals surface area contributed by atoms with E-state index < -0.39 is 0 Å². The van der Waals surface area contributed by atoms with Crippen molar-refractivity contribution in [1.82, 2.24) is 10.2 Å². The van der Waals surface area contributed by atoms with Gasteiger partial charge < -0.3 is 10.2 Å². The van der Waals surface area contributed by atoms with Crippen LogP contribution < -0.4 is 5.32 Å². The first-order valence-corrected chi connectivity index (χ1v) is 9.22. The number of hydrogen-bond donors (Lipinski definition) is 1. The predicted molar refractivity (Wildman–Crippen MR) is 95.9 cm³/mol. The molecule has 23 heavy (non-hydrogen) atoms. The number of thiophene rings is 1. The zero-order valence-electron chi connectivity index (χ0n) is 13.8. The number of aryl methyl sites for hydroxylation is 1. The van der Waals surface area contributed by atoms with E-state index in [0.29, 0.717) is 0 Å². The zero-order chi connectivity index (χ0) is 16.2. The van der Waals surface area contributed by atoms with Crippen LogP contribution in [0.5, 0.6) is 0 Å². The predicted octanol–water partition coefficient (Wildman–Crippen LogP) is 3.59.